The van der Waals surface area contributed by atoms with Gasteiger partial charge in [0.05, 0.1) is 22.9 Å². The van der Waals surface area contributed by atoms with Crippen LogP contribution in [0.3, 0.4) is 0 Å². The van der Waals surface area contributed by atoms with Crippen molar-refractivity contribution in [2.24, 2.45) is 0 Å². The number of ether oxygens (including phenoxy) is 1. The predicted octanol–water partition coefficient (Wildman–Crippen LogP) is 4.55. The Balaban J connectivity index is 0.000000423. The molecule has 23 heavy (non-hydrogen) atoms. The highest BCUT2D eigenvalue weighted by molar-refractivity contribution is 5.01. The summed E-state index contributed by atoms with van der Waals surface area (Å²) in [5.74, 6) is 0. The summed E-state index contributed by atoms with van der Waals surface area (Å²) in [5, 5.41) is 19.2. The Hall–Kier alpha value is -0.900. The summed E-state index contributed by atoms with van der Waals surface area (Å²) >= 11 is 0. The van der Waals surface area contributed by atoms with Crippen molar-refractivity contribution in [3.63, 3.8) is 0 Å². The fourth-order valence-corrected chi connectivity index (χ4v) is 2.26. The van der Waals surface area contributed by atoms with E-state index in [4.69, 9.17) is 4.74 Å². The highest BCUT2D eigenvalue weighted by Gasteiger charge is 2.40. The predicted molar refractivity (Wildman–Crippen MR) is 98.5 cm³/mol. The molecule has 0 saturated carbocycles. The molecule has 0 spiro atoms. The van der Waals surface area contributed by atoms with Gasteiger partial charge >= 0.3 is 0 Å². The van der Waals surface area contributed by atoms with Crippen molar-refractivity contribution in [3.8, 4) is 0 Å². The molecule has 1 rings (SSSR count). The first kappa shape index (κ1) is 22.1. The second kappa shape index (κ2) is 8.81. The largest absolute Gasteiger partial charge is 0.388 e. The topological polar surface area (TPSA) is 49.7 Å². The summed E-state index contributed by atoms with van der Waals surface area (Å²) in [6.45, 7) is 18.8. The molecule has 3 atom stereocenters. The van der Waals surface area contributed by atoms with Crippen LogP contribution in [-0.4, -0.2) is 33.1 Å². The second-order valence-electron chi connectivity index (χ2n) is 7.70. The quantitative estimate of drug-likeness (QED) is 0.705. The van der Waals surface area contributed by atoms with Crippen LogP contribution < -0.4 is 0 Å². The van der Waals surface area contributed by atoms with Crippen LogP contribution in [0.2, 0.25) is 0 Å². The van der Waals surface area contributed by atoms with Gasteiger partial charge in [0.2, 0.25) is 0 Å². The van der Waals surface area contributed by atoms with Crippen LogP contribution >= 0.6 is 0 Å². The lowest BCUT2D eigenvalue weighted by Crippen LogP contribution is -2.37. The van der Waals surface area contributed by atoms with Crippen LogP contribution in [0.15, 0.2) is 37.0 Å². The lowest BCUT2D eigenvalue weighted by molar-refractivity contribution is -0.0997. The van der Waals surface area contributed by atoms with Gasteiger partial charge in [-0.15, -0.1) is 13.2 Å². The van der Waals surface area contributed by atoms with E-state index in [0.29, 0.717) is 0 Å². The van der Waals surface area contributed by atoms with Gasteiger partial charge in [-0.25, -0.2) is 0 Å². The first-order valence-corrected chi connectivity index (χ1v) is 8.38. The van der Waals surface area contributed by atoms with Crippen molar-refractivity contribution in [2.45, 2.75) is 90.1 Å². The van der Waals surface area contributed by atoms with Crippen LogP contribution in [0, 0.1) is 0 Å². The minimum atomic E-state index is -0.735. The Morgan fingerprint density at radius 2 is 1.83 bits per heavy atom. The van der Waals surface area contributed by atoms with Gasteiger partial charge in [0.15, 0.2) is 0 Å². The molecule has 0 aromatic carbocycles. The maximum absolute atomic E-state index is 9.69. The van der Waals surface area contributed by atoms with Gasteiger partial charge in [0.25, 0.3) is 0 Å². The maximum atomic E-state index is 9.69. The van der Waals surface area contributed by atoms with E-state index < -0.39 is 11.2 Å². The molecule has 0 bridgehead atoms. The molecule has 134 valence electrons. The zero-order valence-electron chi connectivity index (χ0n) is 15.9. The molecule has 1 aliphatic heterocycles. The van der Waals surface area contributed by atoms with Crippen LogP contribution in [0.1, 0.15) is 67.2 Å². The summed E-state index contributed by atoms with van der Waals surface area (Å²) in [7, 11) is 0. The third kappa shape index (κ3) is 9.09. The third-order valence-electron chi connectivity index (χ3n) is 4.18. The summed E-state index contributed by atoms with van der Waals surface area (Å²) in [6.07, 6.45) is 9.00. The minimum Gasteiger partial charge on any atom is -0.388 e. The van der Waals surface area contributed by atoms with Gasteiger partial charge in [0.1, 0.15) is 0 Å². The molecule has 3 heteroatoms. The van der Waals surface area contributed by atoms with Crippen LogP contribution in [0.4, 0.5) is 0 Å². The molecule has 0 radical (unpaired) electrons. The standard InChI is InChI=1S/C10H18O2.C10H18O/c1-5-10(4)7-6-8(12-10)9(2,3)11;1-5-10(4,11)8-6-7-9(2)3/h5,8,11H,1,6-7H2,2-4H3;5,7,11H,1,6,8H2,2-4H3/t8-,10-;/m1./s1. The molecule has 1 aliphatic rings. The smallest absolute Gasteiger partial charge is 0.0869 e. The normalized spacial score (nSPS) is 26.5. The SMILES string of the molecule is C=CC(C)(O)CCC=C(C)C.C=C[C@]1(C)CC[C@H](C(C)(C)O)O1. The van der Waals surface area contributed by atoms with Gasteiger partial charge in [-0.1, -0.05) is 23.8 Å². The van der Waals surface area contributed by atoms with E-state index in [1.807, 2.05) is 13.0 Å². The van der Waals surface area contributed by atoms with Crippen molar-refractivity contribution in [2.75, 3.05) is 0 Å². The van der Waals surface area contributed by atoms with Crippen LogP contribution in [0.5, 0.6) is 0 Å². The van der Waals surface area contributed by atoms with Crippen molar-refractivity contribution >= 4 is 0 Å². The number of hydrogen-bond donors (Lipinski definition) is 2. The molecule has 1 fully saturated rings. The number of hydrogen-bond acceptors (Lipinski definition) is 3. The maximum Gasteiger partial charge on any atom is 0.0869 e. The van der Waals surface area contributed by atoms with E-state index in [9.17, 15) is 10.2 Å². The summed E-state index contributed by atoms with van der Waals surface area (Å²) < 4.78 is 5.69. The monoisotopic (exact) mass is 324 g/mol. The molecule has 2 N–H and O–H groups in total. The van der Waals surface area contributed by atoms with Crippen molar-refractivity contribution in [3.05, 3.63) is 37.0 Å². The average Bonchev–Trinajstić information content (AvgIpc) is 2.82. The van der Waals surface area contributed by atoms with Gasteiger partial charge in [-0.05, 0) is 67.2 Å². The van der Waals surface area contributed by atoms with Crippen molar-refractivity contribution in [1.82, 2.24) is 0 Å². The first-order chi connectivity index (χ1) is 10.4. The molecule has 0 amide bonds. The van der Waals surface area contributed by atoms with E-state index in [0.717, 1.165) is 25.7 Å². The fraction of sp³-hybridized carbons (Fsp3) is 0.700. The van der Waals surface area contributed by atoms with E-state index >= 15 is 0 Å². The number of rotatable bonds is 6. The second-order valence-corrected chi connectivity index (χ2v) is 7.70. The first-order valence-electron chi connectivity index (χ1n) is 8.38. The molecule has 0 aromatic rings. The van der Waals surface area contributed by atoms with Crippen LogP contribution in [-0.2, 0) is 4.74 Å². The zero-order valence-corrected chi connectivity index (χ0v) is 15.9. The highest BCUT2D eigenvalue weighted by atomic mass is 16.5. The van der Waals surface area contributed by atoms with E-state index in [-0.39, 0.29) is 11.7 Å². The fourth-order valence-electron chi connectivity index (χ4n) is 2.26. The Morgan fingerprint density at radius 1 is 1.26 bits per heavy atom. The molecule has 3 nitrogen and oxygen atoms in total. The van der Waals surface area contributed by atoms with E-state index in [2.05, 4.69) is 33.1 Å². The molecule has 1 heterocycles. The Morgan fingerprint density at radius 3 is 2.13 bits per heavy atom. The lowest BCUT2D eigenvalue weighted by Gasteiger charge is -2.28. The minimum absolute atomic E-state index is 0.0551. The third-order valence-corrected chi connectivity index (χ3v) is 4.18. The van der Waals surface area contributed by atoms with E-state index in [1.54, 1.807) is 26.8 Å². The van der Waals surface area contributed by atoms with Gasteiger partial charge < -0.3 is 14.9 Å². The lowest BCUT2D eigenvalue weighted by atomic mass is 9.97. The zero-order chi connectivity index (χ0) is 18.3. The number of aliphatic hydroxyl groups is 2. The molecule has 0 aromatic heterocycles. The molecule has 1 unspecified atom stereocenters. The molecular formula is C20H36O3. The van der Waals surface area contributed by atoms with Crippen LogP contribution in [0.25, 0.3) is 0 Å². The molecule has 0 aliphatic carbocycles. The van der Waals surface area contributed by atoms with E-state index in [1.165, 1.54) is 5.57 Å². The van der Waals surface area contributed by atoms with Crippen molar-refractivity contribution in [1.29, 1.82) is 0 Å². The summed E-state index contributed by atoms with van der Waals surface area (Å²) in [4.78, 5) is 0. The summed E-state index contributed by atoms with van der Waals surface area (Å²) in [6, 6.07) is 0. The Kier molecular flexibility index (Phi) is 8.47. The summed E-state index contributed by atoms with van der Waals surface area (Å²) in [5.41, 5.74) is -0.373. The van der Waals surface area contributed by atoms with Crippen molar-refractivity contribution < 1.29 is 14.9 Å². The number of allylic oxidation sites excluding steroid dienone is 2. The average molecular weight is 325 g/mol. The molecule has 1 saturated heterocycles. The Labute approximate surface area is 142 Å². The highest BCUT2D eigenvalue weighted by Crippen LogP contribution is 2.35. The molecular weight excluding hydrogens is 288 g/mol. The van der Waals surface area contributed by atoms with Gasteiger partial charge in [-0.2, -0.15) is 0 Å². The van der Waals surface area contributed by atoms with Gasteiger partial charge in [-0.3, -0.25) is 0 Å². The Bertz CT molecular complexity index is 411. The van der Waals surface area contributed by atoms with Gasteiger partial charge in [0, 0.05) is 0 Å².